The molecule has 0 aliphatic carbocycles. The van der Waals surface area contributed by atoms with Gasteiger partial charge in [0.05, 0.1) is 24.8 Å². The summed E-state index contributed by atoms with van der Waals surface area (Å²) in [5.74, 6) is 0.702. The zero-order valence-corrected chi connectivity index (χ0v) is 14.3. The summed E-state index contributed by atoms with van der Waals surface area (Å²) >= 11 is 0. The smallest absolute Gasteiger partial charge is 0.320 e. The molecule has 0 bridgehead atoms. The number of likely N-dealkylation sites (tertiary alicyclic amines) is 2. The van der Waals surface area contributed by atoms with Crippen molar-refractivity contribution in [2.45, 2.75) is 37.3 Å². The summed E-state index contributed by atoms with van der Waals surface area (Å²) in [5.41, 5.74) is 0.168. The van der Waals surface area contributed by atoms with E-state index in [4.69, 9.17) is 10.00 Å². The molecule has 3 saturated heterocycles. The molecular weight excluding hydrogens is 318 g/mol. The minimum Gasteiger partial charge on any atom is -0.371 e. The minimum atomic E-state index is -0.236. The Labute approximate surface area is 147 Å². The van der Waals surface area contributed by atoms with Crippen LogP contribution in [0.4, 0.5) is 10.6 Å². The second-order valence-electron chi connectivity index (χ2n) is 7.21. The quantitative estimate of drug-likeness (QED) is 0.887. The normalized spacial score (nSPS) is 28.5. The molecule has 2 atom stereocenters. The van der Waals surface area contributed by atoms with Crippen LogP contribution >= 0.6 is 0 Å². The first-order chi connectivity index (χ1) is 12.2. The van der Waals surface area contributed by atoms with E-state index >= 15 is 0 Å². The molecule has 2 amide bonds. The SMILES string of the molecule is N#Cc1cccc(NC2COC3(CCN(C(=O)N4CCCC4)C3)C2)n1. The Morgan fingerprint density at radius 2 is 2.16 bits per heavy atom. The van der Waals surface area contributed by atoms with Gasteiger partial charge in [-0.2, -0.15) is 5.26 Å². The van der Waals surface area contributed by atoms with Gasteiger partial charge in [0.15, 0.2) is 0 Å². The predicted octanol–water partition coefficient (Wildman–Crippen LogP) is 1.81. The van der Waals surface area contributed by atoms with Gasteiger partial charge in [0.25, 0.3) is 0 Å². The van der Waals surface area contributed by atoms with E-state index in [1.807, 2.05) is 21.9 Å². The van der Waals surface area contributed by atoms with Crippen LogP contribution < -0.4 is 5.32 Å². The van der Waals surface area contributed by atoms with Crippen LogP contribution in [0.2, 0.25) is 0 Å². The number of carbonyl (C=O) groups excluding carboxylic acids is 1. The fourth-order valence-corrected chi connectivity index (χ4v) is 4.12. The van der Waals surface area contributed by atoms with Gasteiger partial charge in [0, 0.05) is 26.1 Å². The number of nitrogens with zero attached hydrogens (tertiary/aromatic N) is 4. The number of rotatable bonds is 2. The summed E-state index contributed by atoms with van der Waals surface area (Å²) in [4.78, 5) is 20.7. The van der Waals surface area contributed by atoms with Gasteiger partial charge in [-0.05, 0) is 31.4 Å². The maximum Gasteiger partial charge on any atom is 0.320 e. The number of anilines is 1. The number of urea groups is 1. The summed E-state index contributed by atoms with van der Waals surface area (Å²) < 4.78 is 6.12. The molecule has 1 N–H and O–H groups in total. The van der Waals surface area contributed by atoms with E-state index in [2.05, 4.69) is 16.4 Å². The molecule has 3 fully saturated rings. The second-order valence-corrected chi connectivity index (χ2v) is 7.21. The molecule has 2 unspecified atom stereocenters. The fraction of sp³-hybridized carbons (Fsp3) is 0.611. The molecule has 132 valence electrons. The van der Waals surface area contributed by atoms with Crippen molar-refractivity contribution in [3.8, 4) is 6.07 Å². The summed E-state index contributed by atoms with van der Waals surface area (Å²) in [6.45, 7) is 3.81. The number of hydrogen-bond acceptors (Lipinski definition) is 5. The number of hydrogen-bond donors (Lipinski definition) is 1. The summed E-state index contributed by atoms with van der Waals surface area (Å²) in [6, 6.07) is 7.76. The Bertz CT molecular complexity index is 697. The van der Waals surface area contributed by atoms with Gasteiger partial charge in [0.1, 0.15) is 17.6 Å². The first-order valence-corrected chi connectivity index (χ1v) is 8.99. The maximum atomic E-state index is 12.6. The van der Waals surface area contributed by atoms with Crippen LogP contribution in [0, 0.1) is 11.3 Å². The van der Waals surface area contributed by atoms with E-state index < -0.39 is 0 Å². The van der Waals surface area contributed by atoms with Crippen LogP contribution in [-0.2, 0) is 4.74 Å². The molecule has 4 heterocycles. The summed E-state index contributed by atoms with van der Waals surface area (Å²) in [5, 5.41) is 12.3. The highest BCUT2D eigenvalue weighted by atomic mass is 16.5. The van der Waals surface area contributed by atoms with E-state index in [1.165, 1.54) is 0 Å². The molecule has 0 saturated carbocycles. The van der Waals surface area contributed by atoms with E-state index in [1.54, 1.807) is 6.07 Å². The lowest BCUT2D eigenvalue weighted by Crippen LogP contribution is -2.43. The lowest BCUT2D eigenvalue weighted by Gasteiger charge is -2.26. The van der Waals surface area contributed by atoms with Gasteiger partial charge in [-0.25, -0.2) is 9.78 Å². The maximum absolute atomic E-state index is 12.6. The average molecular weight is 341 g/mol. The van der Waals surface area contributed by atoms with E-state index in [-0.39, 0.29) is 17.7 Å². The van der Waals surface area contributed by atoms with Gasteiger partial charge < -0.3 is 19.9 Å². The molecule has 25 heavy (non-hydrogen) atoms. The Morgan fingerprint density at radius 3 is 2.96 bits per heavy atom. The van der Waals surface area contributed by atoms with Crippen LogP contribution in [0.3, 0.4) is 0 Å². The van der Waals surface area contributed by atoms with E-state index in [0.29, 0.717) is 24.7 Å². The number of ether oxygens (including phenoxy) is 1. The lowest BCUT2D eigenvalue weighted by molar-refractivity contribution is 0.0141. The van der Waals surface area contributed by atoms with E-state index in [9.17, 15) is 4.79 Å². The highest BCUT2D eigenvalue weighted by Crippen LogP contribution is 2.36. The first kappa shape index (κ1) is 16.2. The Hall–Kier alpha value is -2.33. The van der Waals surface area contributed by atoms with Gasteiger partial charge in [-0.1, -0.05) is 6.07 Å². The van der Waals surface area contributed by atoms with Crippen molar-refractivity contribution in [1.82, 2.24) is 14.8 Å². The molecule has 4 rings (SSSR count). The second kappa shape index (κ2) is 6.52. The number of pyridine rings is 1. The van der Waals surface area contributed by atoms with Gasteiger partial charge in [-0.15, -0.1) is 0 Å². The lowest BCUT2D eigenvalue weighted by atomic mass is 9.97. The van der Waals surface area contributed by atoms with Crippen molar-refractivity contribution in [1.29, 1.82) is 5.26 Å². The Morgan fingerprint density at radius 1 is 1.32 bits per heavy atom. The van der Waals surface area contributed by atoms with Crippen molar-refractivity contribution in [3.63, 3.8) is 0 Å². The monoisotopic (exact) mass is 341 g/mol. The third-order valence-corrected chi connectivity index (χ3v) is 5.39. The molecule has 0 radical (unpaired) electrons. The number of nitrogens with one attached hydrogen (secondary N) is 1. The fourth-order valence-electron chi connectivity index (χ4n) is 4.12. The van der Waals surface area contributed by atoms with Crippen molar-refractivity contribution >= 4 is 11.8 Å². The largest absolute Gasteiger partial charge is 0.371 e. The number of aromatic nitrogens is 1. The van der Waals surface area contributed by atoms with Crippen molar-refractivity contribution < 1.29 is 9.53 Å². The van der Waals surface area contributed by atoms with Gasteiger partial charge >= 0.3 is 6.03 Å². The molecule has 3 aliphatic heterocycles. The molecular formula is C18H23N5O2. The predicted molar refractivity (Wildman–Crippen MR) is 92.1 cm³/mol. The number of nitriles is 1. The zero-order chi connectivity index (χ0) is 17.3. The first-order valence-electron chi connectivity index (χ1n) is 8.99. The van der Waals surface area contributed by atoms with E-state index in [0.717, 1.165) is 45.3 Å². The van der Waals surface area contributed by atoms with Crippen molar-refractivity contribution in [3.05, 3.63) is 23.9 Å². The van der Waals surface area contributed by atoms with Crippen molar-refractivity contribution in [2.24, 2.45) is 0 Å². The van der Waals surface area contributed by atoms with Gasteiger partial charge in [0.2, 0.25) is 0 Å². The van der Waals surface area contributed by atoms with Crippen LogP contribution in [0.1, 0.15) is 31.4 Å². The topological polar surface area (TPSA) is 81.5 Å². The zero-order valence-electron chi connectivity index (χ0n) is 14.3. The molecule has 1 aromatic rings. The van der Waals surface area contributed by atoms with Crippen LogP contribution in [0.25, 0.3) is 0 Å². The molecule has 1 spiro atoms. The third kappa shape index (κ3) is 3.27. The molecule has 1 aromatic heterocycles. The third-order valence-electron chi connectivity index (χ3n) is 5.39. The highest BCUT2D eigenvalue weighted by molar-refractivity contribution is 5.75. The van der Waals surface area contributed by atoms with Crippen LogP contribution in [0.5, 0.6) is 0 Å². The average Bonchev–Trinajstić information content (AvgIpc) is 3.37. The van der Waals surface area contributed by atoms with Gasteiger partial charge in [-0.3, -0.25) is 0 Å². The standard InChI is InChI=1S/C18H23N5O2/c19-11-14-4-3-5-16(20-14)21-15-10-18(25-12-15)6-9-23(13-18)17(24)22-7-1-2-8-22/h3-5,15H,1-2,6-10,12-13H2,(H,20,21). The Kier molecular flexibility index (Phi) is 4.22. The minimum absolute atomic E-state index is 0.156. The van der Waals surface area contributed by atoms with Crippen LogP contribution in [-0.4, -0.2) is 65.2 Å². The summed E-state index contributed by atoms with van der Waals surface area (Å²) in [7, 11) is 0. The number of carbonyl (C=O) groups is 1. The molecule has 7 heteroatoms. The molecule has 3 aliphatic rings. The summed E-state index contributed by atoms with van der Waals surface area (Å²) in [6.07, 6.45) is 3.97. The Balaban J connectivity index is 1.35. The molecule has 7 nitrogen and oxygen atoms in total. The number of amides is 2. The van der Waals surface area contributed by atoms with Crippen LogP contribution in [0.15, 0.2) is 18.2 Å². The molecule has 0 aromatic carbocycles. The van der Waals surface area contributed by atoms with Crippen molar-refractivity contribution in [2.75, 3.05) is 38.1 Å². The highest BCUT2D eigenvalue weighted by Gasteiger charge is 2.47.